The Labute approximate surface area is 107 Å². The van der Waals surface area contributed by atoms with E-state index in [1.165, 1.54) is 18.2 Å². The van der Waals surface area contributed by atoms with Crippen LogP contribution < -0.4 is 5.32 Å². The third-order valence-corrected chi connectivity index (χ3v) is 3.90. The van der Waals surface area contributed by atoms with Crippen LogP contribution in [0.4, 0.5) is 8.78 Å². The molecule has 0 bridgehead atoms. The topological polar surface area (TPSA) is 15.3 Å². The number of benzene rings is 1. The molecule has 1 N–H and O–H groups in total. The molecule has 1 atom stereocenters. The van der Waals surface area contributed by atoms with Gasteiger partial charge in [0, 0.05) is 30.7 Å². The lowest BCUT2D eigenvalue weighted by Gasteiger charge is -2.36. The molecular weight excluding hydrogens is 234 g/mol. The standard InChI is InChI=1S/C14H20F2N2/c1-10(14-12(15)4-3-5-13(14)16)18-8-6-11(17-2)7-9-18/h3-5,10-11,17H,6-9H2,1-2H3. The molecule has 0 aromatic heterocycles. The van der Waals surface area contributed by atoms with Gasteiger partial charge in [-0.25, -0.2) is 8.78 Å². The fourth-order valence-corrected chi connectivity index (χ4v) is 2.67. The molecule has 2 nitrogen and oxygen atoms in total. The molecule has 0 spiro atoms. The minimum Gasteiger partial charge on any atom is -0.317 e. The first kappa shape index (κ1) is 13.4. The molecule has 0 aliphatic carbocycles. The van der Waals surface area contributed by atoms with Gasteiger partial charge in [0.1, 0.15) is 11.6 Å². The highest BCUT2D eigenvalue weighted by Gasteiger charge is 2.26. The van der Waals surface area contributed by atoms with Crippen LogP contribution in [-0.4, -0.2) is 31.1 Å². The summed E-state index contributed by atoms with van der Waals surface area (Å²) in [5.74, 6) is -0.892. The molecule has 18 heavy (non-hydrogen) atoms. The predicted molar refractivity (Wildman–Crippen MR) is 68.4 cm³/mol. The van der Waals surface area contributed by atoms with Gasteiger partial charge in [0.05, 0.1) is 0 Å². The highest BCUT2D eigenvalue weighted by Crippen LogP contribution is 2.28. The first-order chi connectivity index (χ1) is 8.63. The van der Waals surface area contributed by atoms with Crippen molar-refractivity contribution in [1.29, 1.82) is 0 Å². The molecule has 0 amide bonds. The third-order valence-electron chi connectivity index (χ3n) is 3.90. The van der Waals surface area contributed by atoms with Crippen LogP contribution in [0.5, 0.6) is 0 Å². The van der Waals surface area contributed by atoms with Crippen LogP contribution >= 0.6 is 0 Å². The van der Waals surface area contributed by atoms with Crippen molar-refractivity contribution in [2.24, 2.45) is 0 Å². The summed E-state index contributed by atoms with van der Waals surface area (Å²) in [5.41, 5.74) is 0.195. The number of nitrogens with one attached hydrogen (secondary N) is 1. The third kappa shape index (κ3) is 2.70. The number of piperidine rings is 1. The first-order valence-electron chi connectivity index (χ1n) is 6.48. The molecule has 1 aliphatic rings. The molecule has 0 saturated carbocycles. The van der Waals surface area contributed by atoms with E-state index in [0.717, 1.165) is 25.9 Å². The van der Waals surface area contributed by atoms with Crippen molar-refractivity contribution < 1.29 is 8.78 Å². The maximum Gasteiger partial charge on any atom is 0.130 e. The van der Waals surface area contributed by atoms with Crippen molar-refractivity contribution in [1.82, 2.24) is 10.2 Å². The van der Waals surface area contributed by atoms with Gasteiger partial charge in [-0.2, -0.15) is 0 Å². The number of likely N-dealkylation sites (tertiary alicyclic amines) is 1. The summed E-state index contributed by atoms with van der Waals surface area (Å²) in [5, 5.41) is 3.25. The average molecular weight is 254 g/mol. The van der Waals surface area contributed by atoms with Gasteiger partial charge >= 0.3 is 0 Å². The zero-order valence-electron chi connectivity index (χ0n) is 10.9. The Morgan fingerprint density at radius 3 is 2.28 bits per heavy atom. The van der Waals surface area contributed by atoms with Gasteiger partial charge in [-0.05, 0) is 38.9 Å². The summed E-state index contributed by atoms with van der Waals surface area (Å²) in [4.78, 5) is 2.15. The van der Waals surface area contributed by atoms with Gasteiger partial charge in [0.25, 0.3) is 0 Å². The first-order valence-corrected chi connectivity index (χ1v) is 6.48. The molecule has 1 fully saturated rings. The summed E-state index contributed by atoms with van der Waals surface area (Å²) in [6, 6.07) is 4.39. The Kier molecular flexibility index (Phi) is 4.30. The predicted octanol–water partition coefficient (Wildman–Crippen LogP) is 2.71. The Bertz CT molecular complexity index is 381. The minimum atomic E-state index is -0.446. The largest absolute Gasteiger partial charge is 0.317 e. The Balaban J connectivity index is 2.10. The van der Waals surface area contributed by atoms with E-state index in [1.807, 2.05) is 14.0 Å². The molecule has 1 aliphatic heterocycles. The normalized spacial score (nSPS) is 20.0. The van der Waals surface area contributed by atoms with Crippen molar-refractivity contribution in [2.45, 2.75) is 31.8 Å². The second kappa shape index (κ2) is 5.76. The van der Waals surface area contributed by atoms with E-state index >= 15 is 0 Å². The van der Waals surface area contributed by atoms with E-state index in [0.29, 0.717) is 6.04 Å². The van der Waals surface area contributed by atoms with Crippen LogP contribution in [0.15, 0.2) is 18.2 Å². The second-order valence-corrected chi connectivity index (χ2v) is 4.91. The number of rotatable bonds is 3. The van der Waals surface area contributed by atoms with E-state index < -0.39 is 11.6 Å². The Hall–Kier alpha value is -1.00. The Morgan fingerprint density at radius 2 is 1.78 bits per heavy atom. The zero-order chi connectivity index (χ0) is 13.1. The number of nitrogens with zero attached hydrogens (tertiary/aromatic N) is 1. The lowest BCUT2D eigenvalue weighted by atomic mass is 9.99. The molecule has 0 radical (unpaired) electrons. The fourth-order valence-electron chi connectivity index (χ4n) is 2.67. The molecule has 2 rings (SSSR count). The maximum absolute atomic E-state index is 13.7. The van der Waals surface area contributed by atoms with Gasteiger partial charge in [-0.1, -0.05) is 6.07 Å². The van der Waals surface area contributed by atoms with Crippen LogP contribution in [0.3, 0.4) is 0 Å². The van der Waals surface area contributed by atoms with Crippen LogP contribution in [0, 0.1) is 11.6 Å². The highest BCUT2D eigenvalue weighted by molar-refractivity contribution is 5.23. The van der Waals surface area contributed by atoms with Crippen LogP contribution in [0.1, 0.15) is 31.4 Å². The molecule has 1 heterocycles. The maximum atomic E-state index is 13.7. The van der Waals surface area contributed by atoms with Crippen molar-refractivity contribution in [3.8, 4) is 0 Å². The van der Waals surface area contributed by atoms with E-state index in [-0.39, 0.29) is 11.6 Å². The lowest BCUT2D eigenvalue weighted by Crippen LogP contribution is -2.42. The van der Waals surface area contributed by atoms with Crippen molar-refractivity contribution in [2.75, 3.05) is 20.1 Å². The Morgan fingerprint density at radius 1 is 1.22 bits per heavy atom. The number of hydrogen-bond acceptors (Lipinski definition) is 2. The SMILES string of the molecule is CNC1CCN(C(C)c2c(F)cccc2F)CC1. The zero-order valence-corrected chi connectivity index (χ0v) is 10.9. The molecule has 1 saturated heterocycles. The van der Waals surface area contributed by atoms with E-state index in [2.05, 4.69) is 10.2 Å². The number of hydrogen-bond donors (Lipinski definition) is 1. The van der Waals surface area contributed by atoms with Gasteiger partial charge in [-0.15, -0.1) is 0 Å². The summed E-state index contributed by atoms with van der Waals surface area (Å²) < 4.78 is 27.4. The molecule has 4 heteroatoms. The quantitative estimate of drug-likeness (QED) is 0.892. The molecule has 1 aromatic carbocycles. The molecule has 1 aromatic rings. The van der Waals surface area contributed by atoms with Gasteiger partial charge in [-0.3, -0.25) is 4.90 Å². The molecular formula is C14H20F2N2. The van der Waals surface area contributed by atoms with Crippen molar-refractivity contribution in [3.63, 3.8) is 0 Å². The van der Waals surface area contributed by atoms with E-state index in [9.17, 15) is 8.78 Å². The van der Waals surface area contributed by atoms with Gasteiger partial charge in [0.15, 0.2) is 0 Å². The number of halogens is 2. The second-order valence-electron chi connectivity index (χ2n) is 4.91. The van der Waals surface area contributed by atoms with Crippen LogP contribution in [0.25, 0.3) is 0 Å². The van der Waals surface area contributed by atoms with E-state index in [4.69, 9.17) is 0 Å². The van der Waals surface area contributed by atoms with Crippen molar-refractivity contribution >= 4 is 0 Å². The van der Waals surface area contributed by atoms with E-state index in [1.54, 1.807) is 0 Å². The monoisotopic (exact) mass is 254 g/mol. The average Bonchev–Trinajstić information content (AvgIpc) is 2.38. The molecule has 100 valence electrons. The molecule has 1 unspecified atom stereocenters. The summed E-state index contributed by atoms with van der Waals surface area (Å²) in [7, 11) is 1.96. The van der Waals surface area contributed by atoms with Gasteiger partial charge < -0.3 is 5.32 Å². The van der Waals surface area contributed by atoms with Crippen LogP contribution in [-0.2, 0) is 0 Å². The summed E-state index contributed by atoms with van der Waals surface area (Å²) >= 11 is 0. The summed E-state index contributed by atoms with van der Waals surface area (Å²) in [6.07, 6.45) is 2.05. The highest BCUT2D eigenvalue weighted by atomic mass is 19.1. The van der Waals surface area contributed by atoms with Crippen molar-refractivity contribution in [3.05, 3.63) is 35.4 Å². The minimum absolute atomic E-state index is 0.195. The lowest BCUT2D eigenvalue weighted by molar-refractivity contribution is 0.150. The summed E-state index contributed by atoms with van der Waals surface area (Å²) in [6.45, 7) is 3.63. The fraction of sp³-hybridized carbons (Fsp3) is 0.571. The smallest absolute Gasteiger partial charge is 0.130 e. The van der Waals surface area contributed by atoms with Crippen LogP contribution in [0.2, 0.25) is 0 Å². The van der Waals surface area contributed by atoms with Gasteiger partial charge in [0.2, 0.25) is 0 Å².